The molecule has 1 saturated heterocycles. The summed E-state index contributed by atoms with van der Waals surface area (Å²) in [5.41, 5.74) is 8.16. The summed E-state index contributed by atoms with van der Waals surface area (Å²) < 4.78 is 1.13. The Morgan fingerprint density at radius 1 is 1.03 bits per heavy atom. The number of H-pyrrole nitrogens is 1. The summed E-state index contributed by atoms with van der Waals surface area (Å²) in [5, 5.41) is 4.38. The molecule has 3 aromatic heterocycles. The van der Waals surface area contributed by atoms with Crippen molar-refractivity contribution in [3.05, 3.63) is 59.6 Å². The van der Waals surface area contributed by atoms with E-state index >= 15 is 0 Å². The van der Waals surface area contributed by atoms with E-state index in [1.165, 1.54) is 11.3 Å². The number of hydrogen-bond donors (Lipinski definition) is 2. The number of hydrogen-bond acceptors (Lipinski definition) is 7. The van der Waals surface area contributed by atoms with Crippen LogP contribution in [0.4, 0.5) is 16.3 Å². The van der Waals surface area contributed by atoms with Gasteiger partial charge >= 0.3 is 6.03 Å². The summed E-state index contributed by atoms with van der Waals surface area (Å²) in [4.78, 5) is 36.3. The number of thiazole rings is 1. The Hall–Kier alpha value is -3.92. The molecule has 1 aromatic carbocycles. The predicted octanol–water partition coefficient (Wildman–Crippen LogP) is 4.43. The van der Waals surface area contributed by atoms with E-state index in [1.807, 2.05) is 27.4 Å². The van der Waals surface area contributed by atoms with Crippen molar-refractivity contribution >= 4 is 55.7 Å². The molecule has 0 aliphatic carbocycles. The molecule has 0 atom stereocenters. The molecule has 0 unspecified atom stereocenters. The number of urea groups is 1. The zero-order chi connectivity index (χ0) is 24.1. The number of carbonyl (C=O) groups is 1. The summed E-state index contributed by atoms with van der Waals surface area (Å²) >= 11 is 1.62. The van der Waals surface area contributed by atoms with Gasteiger partial charge in [0.25, 0.3) is 0 Å². The molecule has 7 rings (SSSR count). The smallest absolute Gasteiger partial charge is 0.320 e. The fraction of sp³-hybridized carbons (Fsp3) is 0.308. The van der Waals surface area contributed by atoms with Gasteiger partial charge in [-0.25, -0.2) is 19.7 Å². The van der Waals surface area contributed by atoms with Crippen molar-refractivity contribution in [2.24, 2.45) is 0 Å². The number of amides is 2. The lowest BCUT2D eigenvalue weighted by molar-refractivity contribution is 0.139. The summed E-state index contributed by atoms with van der Waals surface area (Å²) in [6.07, 6.45) is 7.91. The van der Waals surface area contributed by atoms with Crippen molar-refractivity contribution < 1.29 is 4.79 Å². The van der Waals surface area contributed by atoms with Crippen LogP contribution in [0.5, 0.6) is 0 Å². The highest BCUT2D eigenvalue weighted by Crippen LogP contribution is 2.31. The monoisotopic (exact) mass is 498 g/mol. The molecule has 4 aromatic rings. The summed E-state index contributed by atoms with van der Waals surface area (Å²) in [6, 6.07) is 8.37. The number of anilines is 2. The molecule has 0 spiro atoms. The molecule has 1 fully saturated rings. The van der Waals surface area contributed by atoms with E-state index in [4.69, 9.17) is 0 Å². The van der Waals surface area contributed by atoms with E-state index < -0.39 is 0 Å². The minimum atomic E-state index is 0.143. The van der Waals surface area contributed by atoms with E-state index in [-0.39, 0.29) is 6.03 Å². The molecule has 0 bridgehead atoms. The summed E-state index contributed by atoms with van der Waals surface area (Å²) in [5.74, 6) is 0.764. The van der Waals surface area contributed by atoms with Gasteiger partial charge < -0.3 is 25.0 Å². The molecule has 0 radical (unpaired) electrons. The second kappa shape index (κ2) is 8.63. The van der Waals surface area contributed by atoms with Crippen LogP contribution >= 0.6 is 11.3 Å². The first-order valence-corrected chi connectivity index (χ1v) is 13.2. The topological polar surface area (TPSA) is 93.3 Å². The highest BCUT2D eigenvalue weighted by atomic mass is 32.1. The van der Waals surface area contributed by atoms with E-state index in [2.05, 4.69) is 54.4 Å². The molecular weight excluding hydrogens is 472 g/mol. The van der Waals surface area contributed by atoms with E-state index in [0.717, 1.165) is 77.5 Å². The quantitative estimate of drug-likeness (QED) is 0.434. The number of aromatic nitrogens is 4. The Labute approximate surface area is 212 Å². The average Bonchev–Trinajstić information content (AvgIpc) is 3.67. The van der Waals surface area contributed by atoms with Gasteiger partial charge in [-0.05, 0) is 42.7 Å². The van der Waals surface area contributed by atoms with E-state index in [9.17, 15) is 4.79 Å². The number of benzene rings is 1. The third-order valence-electron chi connectivity index (χ3n) is 7.29. The van der Waals surface area contributed by atoms with Gasteiger partial charge in [0.1, 0.15) is 17.8 Å². The van der Waals surface area contributed by atoms with Crippen molar-refractivity contribution in [1.82, 2.24) is 34.6 Å². The maximum Gasteiger partial charge on any atom is 0.320 e. The molecule has 10 heteroatoms. The van der Waals surface area contributed by atoms with Crippen molar-refractivity contribution in [2.75, 3.05) is 44.6 Å². The van der Waals surface area contributed by atoms with Crippen molar-refractivity contribution in [3.8, 4) is 0 Å². The van der Waals surface area contributed by atoms with Crippen LogP contribution in [0.2, 0.25) is 0 Å². The Balaban J connectivity index is 1.08. The molecule has 3 aliphatic rings. The molecule has 6 heterocycles. The molecule has 2 amide bonds. The third-order valence-corrected chi connectivity index (χ3v) is 8.09. The molecule has 0 saturated carbocycles. The molecular formula is C26H26N8OS. The lowest BCUT2D eigenvalue weighted by atomic mass is 10.0. The Morgan fingerprint density at radius 3 is 2.92 bits per heavy atom. The summed E-state index contributed by atoms with van der Waals surface area (Å²) in [7, 11) is 0. The van der Waals surface area contributed by atoms with Crippen LogP contribution < -0.4 is 5.32 Å². The first-order valence-electron chi connectivity index (χ1n) is 12.3. The second-order valence-corrected chi connectivity index (χ2v) is 10.3. The number of aromatic amines is 1. The lowest BCUT2D eigenvalue weighted by Gasteiger charge is -2.38. The molecule has 182 valence electrons. The van der Waals surface area contributed by atoms with Gasteiger partial charge in [-0.1, -0.05) is 12.2 Å². The third kappa shape index (κ3) is 3.78. The van der Waals surface area contributed by atoms with Gasteiger partial charge in [0.05, 0.1) is 27.7 Å². The number of fused-ring (bicyclic) bond motifs is 3. The Bertz CT molecular complexity index is 1540. The average molecular weight is 499 g/mol. The molecule has 36 heavy (non-hydrogen) atoms. The van der Waals surface area contributed by atoms with Crippen LogP contribution in [0.1, 0.15) is 18.5 Å². The normalized spacial score (nSPS) is 17.9. The lowest BCUT2D eigenvalue weighted by Crippen LogP contribution is -2.51. The van der Waals surface area contributed by atoms with Crippen molar-refractivity contribution in [3.63, 3.8) is 0 Å². The fourth-order valence-electron chi connectivity index (χ4n) is 5.33. The number of carbonyl (C=O) groups excluding carboxylic acids is 1. The van der Waals surface area contributed by atoms with Gasteiger partial charge in [-0.15, -0.1) is 11.3 Å². The molecule has 2 N–H and O–H groups in total. The largest absolute Gasteiger partial charge is 0.372 e. The minimum Gasteiger partial charge on any atom is -0.372 e. The van der Waals surface area contributed by atoms with Crippen LogP contribution in [0, 0.1) is 0 Å². The van der Waals surface area contributed by atoms with E-state index in [1.54, 1.807) is 17.7 Å². The molecule has 9 nitrogen and oxygen atoms in total. The van der Waals surface area contributed by atoms with Gasteiger partial charge in [0.2, 0.25) is 0 Å². The Morgan fingerprint density at radius 2 is 2.00 bits per heavy atom. The highest BCUT2D eigenvalue weighted by molar-refractivity contribution is 7.16. The molecule has 3 aliphatic heterocycles. The van der Waals surface area contributed by atoms with Gasteiger partial charge in [0.15, 0.2) is 0 Å². The SMILES string of the molecule is O=C(N1CC=C(c2cc3c(Nc4ccc5ncsc5c4)ncnc3[nH]2)CC1)N1CCN2CCC=C2C1. The maximum absolute atomic E-state index is 13.1. The predicted molar refractivity (Wildman–Crippen MR) is 142 cm³/mol. The minimum absolute atomic E-state index is 0.143. The second-order valence-electron chi connectivity index (χ2n) is 9.43. The van der Waals surface area contributed by atoms with E-state index in [0.29, 0.717) is 13.1 Å². The van der Waals surface area contributed by atoms with Crippen molar-refractivity contribution in [1.29, 1.82) is 0 Å². The summed E-state index contributed by atoms with van der Waals surface area (Å²) in [6.45, 7) is 4.91. The zero-order valence-electron chi connectivity index (χ0n) is 19.8. The zero-order valence-corrected chi connectivity index (χ0v) is 20.6. The maximum atomic E-state index is 13.1. The fourth-order valence-corrected chi connectivity index (χ4v) is 6.04. The van der Waals surface area contributed by atoms with Crippen LogP contribution in [-0.2, 0) is 0 Å². The number of rotatable bonds is 3. The Kier molecular flexibility index (Phi) is 5.12. The first kappa shape index (κ1) is 21.4. The van der Waals surface area contributed by atoms with Gasteiger partial charge in [-0.2, -0.15) is 0 Å². The number of piperazine rings is 1. The number of nitrogens with zero attached hydrogens (tertiary/aromatic N) is 6. The van der Waals surface area contributed by atoms with Crippen LogP contribution in [0.25, 0.3) is 26.8 Å². The van der Waals surface area contributed by atoms with Crippen molar-refractivity contribution in [2.45, 2.75) is 12.8 Å². The van der Waals surface area contributed by atoms with Gasteiger partial charge in [-0.3, -0.25) is 0 Å². The van der Waals surface area contributed by atoms with Crippen LogP contribution in [0.3, 0.4) is 0 Å². The number of nitrogens with one attached hydrogen (secondary N) is 2. The van der Waals surface area contributed by atoms with Crippen LogP contribution in [0.15, 0.2) is 54.0 Å². The first-order chi connectivity index (χ1) is 17.7. The van der Waals surface area contributed by atoms with Crippen LogP contribution in [-0.4, -0.2) is 79.9 Å². The van der Waals surface area contributed by atoms with Gasteiger partial charge in [0, 0.05) is 49.8 Å². The standard InChI is InChI=1S/C26H26N8OS/c35-26(34-11-10-32-7-1-2-19(32)14-34)33-8-5-17(6-9-33)22-13-20-24(27-15-28-25(20)31-22)30-18-3-4-21-23(12-18)36-16-29-21/h2-5,12-13,15-16H,1,6-11,14H2,(H2,27,28,30,31). The highest BCUT2D eigenvalue weighted by Gasteiger charge is 2.30.